The molecule has 1 fully saturated rings. The van der Waals surface area contributed by atoms with Gasteiger partial charge in [0.2, 0.25) is 0 Å². The van der Waals surface area contributed by atoms with Crippen LogP contribution in [0.15, 0.2) is 90.1 Å². The van der Waals surface area contributed by atoms with Crippen LogP contribution in [0.4, 0.5) is 5.82 Å². The van der Waals surface area contributed by atoms with E-state index in [1.165, 1.54) is 0 Å². The average Bonchev–Trinajstić information content (AvgIpc) is 3.40. The van der Waals surface area contributed by atoms with Crippen molar-refractivity contribution in [3.63, 3.8) is 0 Å². The molecule has 37 heavy (non-hydrogen) atoms. The van der Waals surface area contributed by atoms with E-state index in [0.29, 0.717) is 24.5 Å². The summed E-state index contributed by atoms with van der Waals surface area (Å²) in [6, 6.07) is 22.1. The Morgan fingerprint density at radius 2 is 1.62 bits per heavy atom. The normalized spacial score (nSPS) is 14.2. The van der Waals surface area contributed by atoms with Crippen LogP contribution in [0, 0.1) is 6.92 Å². The molecule has 2 aromatic heterocycles. The van der Waals surface area contributed by atoms with Crippen molar-refractivity contribution in [2.45, 2.75) is 11.8 Å². The fourth-order valence-electron chi connectivity index (χ4n) is 4.43. The number of hydrogen-bond donors (Lipinski definition) is 0. The highest BCUT2D eigenvalue weighted by molar-refractivity contribution is 7.89. The van der Waals surface area contributed by atoms with E-state index in [4.69, 9.17) is 9.72 Å². The van der Waals surface area contributed by atoms with Gasteiger partial charge >= 0.3 is 0 Å². The number of benzene rings is 3. The van der Waals surface area contributed by atoms with Crippen LogP contribution in [-0.4, -0.2) is 53.9 Å². The third-order valence-corrected chi connectivity index (χ3v) is 8.03. The first-order valence-electron chi connectivity index (χ1n) is 12.1. The molecule has 6 rings (SSSR count). The molecule has 0 N–H and O–H groups in total. The van der Waals surface area contributed by atoms with E-state index in [2.05, 4.69) is 15.0 Å². The van der Waals surface area contributed by atoms with E-state index in [-0.39, 0.29) is 4.90 Å². The molecule has 0 amide bonds. The maximum absolute atomic E-state index is 13.5. The van der Waals surface area contributed by atoms with Crippen molar-refractivity contribution in [2.75, 3.05) is 31.2 Å². The molecule has 0 spiro atoms. The molecule has 3 heterocycles. The summed E-state index contributed by atoms with van der Waals surface area (Å²) in [4.78, 5) is 11.8. The van der Waals surface area contributed by atoms with Crippen LogP contribution in [0.5, 0.6) is 0 Å². The van der Waals surface area contributed by atoms with Crippen LogP contribution in [-0.2, 0) is 14.8 Å². The Balaban J connectivity index is 1.48. The van der Waals surface area contributed by atoms with E-state index in [0.717, 1.165) is 50.7 Å². The molecule has 1 saturated heterocycles. The van der Waals surface area contributed by atoms with Gasteiger partial charge in [-0.1, -0.05) is 54.1 Å². The minimum atomic E-state index is -3.88. The van der Waals surface area contributed by atoms with Gasteiger partial charge in [0.1, 0.15) is 11.5 Å². The summed E-state index contributed by atoms with van der Waals surface area (Å²) < 4.78 is 33.5. The zero-order valence-electron chi connectivity index (χ0n) is 20.3. The summed E-state index contributed by atoms with van der Waals surface area (Å²) >= 11 is 0. The first kappa shape index (κ1) is 23.3. The van der Waals surface area contributed by atoms with Gasteiger partial charge in [-0.25, -0.2) is 4.98 Å². The quantitative estimate of drug-likeness (QED) is 0.342. The van der Waals surface area contributed by atoms with E-state index in [1.54, 1.807) is 36.7 Å². The van der Waals surface area contributed by atoms with Crippen molar-refractivity contribution in [1.82, 2.24) is 19.2 Å². The molecule has 3 aromatic carbocycles. The van der Waals surface area contributed by atoms with Crippen LogP contribution < -0.4 is 4.90 Å². The van der Waals surface area contributed by atoms with Crippen molar-refractivity contribution < 1.29 is 13.2 Å². The van der Waals surface area contributed by atoms with Gasteiger partial charge in [-0.15, -0.1) is 0 Å². The number of morpholine rings is 1. The molecular weight excluding hydrogens is 486 g/mol. The molecule has 0 aliphatic carbocycles. The third-order valence-electron chi connectivity index (χ3n) is 6.48. The second-order valence-corrected chi connectivity index (χ2v) is 10.8. The van der Waals surface area contributed by atoms with Crippen molar-refractivity contribution in [1.29, 1.82) is 0 Å². The summed E-state index contributed by atoms with van der Waals surface area (Å²) in [5, 5.41) is 4.57. The predicted molar refractivity (Wildman–Crippen MR) is 143 cm³/mol. The lowest BCUT2D eigenvalue weighted by Crippen LogP contribution is -2.36. The molecule has 1 aliphatic rings. The van der Waals surface area contributed by atoms with Crippen molar-refractivity contribution in [2.24, 2.45) is 0 Å². The summed E-state index contributed by atoms with van der Waals surface area (Å²) in [5.41, 5.74) is 5.39. The lowest BCUT2D eigenvalue weighted by Gasteiger charge is -2.27. The summed E-state index contributed by atoms with van der Waals surface area (Å²) in [6.07, 6.45) is 3.37. The topological polar surface area (TPSA) is 90.2 Å². The fraction of sp³-hybridized carbons (Fsp3) is 0.179. The van der Waals surface area contributed by atoms with Gasteiger partial charge in [-0.2, -0.15) is 17.6 Å². The van der Waals surface area contributed by atoms with E-state index >= 15 is 0 Å². The van der Waals surface area contributed by atoms with Gasteiger partial charge in [0, 0.05) is 24.2 Å². The van der Waals surface area contributed by atoms with Crippen LogP contribution in [0.1, 0.15) is 5.56 Å². The zero-order chi connectivity index (χ0) is 25.4. The van der Waals surface area contributed by atoms with Gasteiger partial charge in [-0.3, -0.25) is 4.98 Å². The van der Waals surface area contributed by atoms with Crippen LogP contribution in [0.3, 0.4) is 0 Å². The monoisotopic (exact) mass is 511 g/mol. The summed E-state index contributed by atoms with van der Waals surface area (Å²) in [6.45, 7) is 4.77. The second-order valence-electron chi connectivity index (χ2n) is 8.98. The van der Waals surface area contributed by atoms with E-state index in [1.807, 2.05) is 55.5 Å². The summed E-state index contributed by atoms with van der Waals surface area (Å²) in [5.74, 6) is 0.800. The molecule has 5 aromatic rings. The highest BCUT2D eigenvalue weighted by Crippen LogP contribution is 2.34. The Kier molecular flexibility index (Phi) is 5.94. The van der Waals surface area contributed by atoms with Crippen molar-refractivity contribution >= 4 is 26.9 Å². The van der Waals surface area contributed by atoms with Crippen molar-refractivity contribution in [3.8, 4) is 22.4 Å². The molecule has 1 aliphatic heterocycles. The molecule has 186 valence electrons. The Hall–Kier alpha value is -4.08. The Morgan fingerprint density at radius 1 is 0.865 bits per heavy atom. The Bertz CT molecular complexity index is 1680. The fourth-order valence-corrected chi connectivity index (χ4v) is 5.56. The molecule has 0 bridgehead atoms. The number of aromatic nitrogens is 4. The molecule has 0 atom stereocenters. The standard InChI is InChI=1S/C28H25N5O3S/c1-20-7-10-23(11-8-20)37(34,35)33-19-24(28(31-33)21-5-3-2-4-6-21)22-9-12-25-26(17-22)30-27(18-29-25)32-13-15-36-16-14-32/h2-12,17-19H,13-16H2,1H3. The van der Waals surface area contributed by atoms with Crippen molar-refractivity contribution in [3.05, 3.63) is 90.8 Å². The van der Waals surface area contributed by atoms with E-state index < -0.39 is 10.0 Å². The van der Waals surface area contributed by atoms with Gasteiger partial charge < -0.3 is 9.64 Å². The molecule has 0 radical (unpaired) electrons. The molecule has 0 unspecified atom stereocenters. The Labute approximate surface area is 215 Å². The molecule has 9 heteroatoms. The first-order valence-corrected chi connectivity index (χ1v) is 13.5. The van der Waals surface area contributed by atoms with Gasteiger partial charge in [-0.05, 0) is 36.8 Å². The minimum absolute atomic E-state index is 0.186. The number of hydrogen-bond acceptors (Lipinski definition) is 7. The number of aryl methyl sites for hydroxylation is 1. The zero-order valence-corrected chi connectivity index (χ0v) is 21.1. The SMILES string of the molecule is Cc1ccc(S(=O)(=O)n2cc(-c3ccc4ncc(N5CCOCC5)nc4c3)c(-c3ccccc3)n2)cc1. The number of nitrogens with zero attached hydrogens (tertiary/aromatic N) is 5. The molecular formula is C28H25N5O3S. The minimum Gasteiger partial charge on any atom is -0.378 e. The maximum Gasteiger partial charge on any atom is 0.282 e. The van der Waals surface area contributed by atoms with E-state index in [9.17, 15) is 8.42 Å². The maximum atomic E-state index is 13.5. The number of anilines is 1. The van der Waals surface area contributed by atoms with Gasteiger partial charge in [0.25, 0.3) is 10.0 Å². The number of fused-ring (bicyclic) bond motifs is 1. The van der Waals surface area contributed by atoms with Gasteiger partial charge in [0.15, 0.2) is 0 Å². The average molecular weight is 512 g/mol. The smallest absolute Gasteiger partial charge is 0.282 e. The lowest BCUT2D eigenvalue weighted by atomic mass is 10.0. The highest BCUT2D eigenvalue weighted by Gasteiger charge is 2.23. The first-order chi connectivity index (χ1) is 18.0. The second kappa shape index (κ2) is 9.42. The number of ether oxygens (including phenoxy) is 1. The number of rotatable bonds is 5. The predicted octanol–water partition coefficient (Wildman–Crippen LogP) is 4.54. The molecule has 0 saturated carbocycles. The van der Waals surface area contributed by atoms with Crippen LogP contribution in [0.25, 0.3) is 33.4 Å². The summed E-state index contributed by atoms with van der Waals surface area (Å²) in [7, 11) is -3.88. The van der Waals surface area contributed by atoms with Gasteiger partial charge in [0.05, 0.1) is 41.5 Å². The Morgan fingerprint density at radius 3 is 2.38 bits per heavy atom. The largest absolute Gasteiger partial charge is 0.378 e. The third kappa shape index (κ3) is 4.47. The van der Waals surface area contributed by atoms with Crippen LogP contribution in [0.2, 0.25) is 0 Å². The highest BCUT2D eigenvalue weighted by atomic mass is 32.2. The lowest BCUT2D eigenvalue weighted by molar-refractivity contribution is 0.122. The molecule has 8 nitrogen and oxygen atoms in total. The van der Waals surface area contributed by atoms with Crippen LogP contribution >= 0.6 is 0 Å².